The molecular weight excluding hydrogens is 617 g/mol. The van der Waals surface area contributed by atoms with Crippen LogP contribution in [0.2, 0.25) is 0 Å². The number of likely N-dealkylation sites (tertiary alicyclic amines) is 1. The maximum absolute atomic E-state index is 16.5. The summed E-state index contributed by atoms with van der Waals surface area (Å²) in [6, 6.07) is 13.0. The van der Waals surface area contributed by atoms with E-state index in [1.165, 1.54) is 4.90 Å². The molecule has 2 aliphatic heterocycles. The molecule has 2 aromatic carbocycles. The topological polar surface area (TPSA) is 79.1 Å². The number of benzene rings is 2. The molecule has 45 heavy (non-hydrogen) atoms. The molecule has 0 spiro atoms. The standard InChI is InChI=1S/C32H31F2N7O2.2H2S/c1-20(33)31(42)41-15-14-40(18-23(41)16-35-2)30-26-17-36-28(25-12-6-9-21-8-4-5-11-24(21)25)27(34)29(26)37-32(38-30)43-19-22-10-7-13-39(22)3;;/h4-6,8-9,11-12,17,22-23H,1,7,10,13-16,18-19H2,3H3;2*1H2/t22-,23-;;/m0../s1. The van der Waals surface area contributed by atoms with Gasteiger partial charge < -0.3 is 24.3 Å². The molecule has 2 aromatic heterocycles. The maximum Gasteiger partial charge on any atom is 0.319 e. The molecule has 0 saturated carbocycles. The largest absolute Gasteiger partial charge is 0.462 e. The number of aromatic nitrogens is 3. The summed E-state index contributed by atoms with van der Waals surface area (Å²) in [5, 5.41) is 2.20. The fraction of sp³-hybridized carbons (Fsp3) is 0.344. The molecule has 4 aromatic rings. The van der Waals surface area contributed by atoms with Crippen molar-refractivity contribution in [1.29, 1.82) is 0 Å². The smallest absolute Gasteiger partial charge is 0.319 e. The Morgan fingerprint density at radius 3 is 2.60 bits per heavy atom. The second kappa shape index (κ2) is 14.4. The fourth-order valence-corrected chi connectivity index (χ4v) is 6.04. The van der Waals surface area contributed by atoms with Crippen molar-refractivity contribution >= 4 is 60.4 Å². The summed E-state index contributed by atoms with van der Waals surface area (Å²) in [7, 11) is 2.04. The van der Waals surface area contributed by atoms with E-state index >= 15 is 4.39 Å². The summed E-state index contributed by atoms with van der Waals surface area (Å²) in [5.74, 6) is -2.12. The molecule has 0 radical (unpaired) electrons. The number of pyridine rings is 1. The zero-order chi connectivity index (χ0) is 30.1. The molecule has 0 bridgehead atoms. The first-order chi connectivity index (χ1) is 20.9. The third-order valence-corrected chi connectivity index (χ3v) is 8.34. The van der Waals surface area contributed by atoms with E-state index in [1.54, 1.807) is 6.20 Å². The number of amides is 1. The predicted octanol–water partition coefficient (Wildman–Crippen LogP) is 5.10. The number of likely N-dealkylation sites (N-methyl/N-ethyl adjacent to an activating group) is 1. The normalized spacial score (nSPS) is 18.3. The van der Waals surface area contributed by atoms with Gasteiger partial charge in [0.1, 0.15) is 29.7 Å². The number of halogens is 2. The van der Waals surface area contributed by atoms with Crippen molar-refractivity contribution < 1.29 is 18.3 Å². The van der Waals surface area contributed by atoms with E-state index in [9.17, 15) is 9.18 Å². The van der Waals surface area contributed by atoms with Gasteiger partial charge in [0.15, 0.2) is 11.6 Å². The number of carbonyl (C=O) groups is 1. The quantitative estimate of drug-likeness (QED) is 0.203. The van der Waals surface area contributed by atoms with Gasteiger partial charge in [-0.2, -0.15) is 37.0 Å². The number of ether oxygens (including phenoxy) is 1. The molecule has 0 unspecified atom stereocenters. The van der Waals surface area contributed by atoms with Crippen molar-refractivity contribution in [2.75, 3.05) is 51.3 Å². The number of hydrogen-bond acceptors (Lipinski definition) is 7. The van der Waals surface area contributed by atoms with Crippen molar-refractivity contribution in [3.63, 3.8) is 0 Å². The third kappa shape index (κ3) is 6.68. The lowest BCUT2D eigenvalue weighted by molar-refractivity contribution is -0.131. The Hall–Kier alpha value is -3.99. The van der Waals surface area contributed by atoms with E-state index in [2.05, 4.69) is 26.3 Å². The molecule has 1 amide bonds. The Morgan fingerprint density at radius 2 is 1.87 bits per heavy atom. The van der Waals surface area contributed by atoms with E-state index in [1.807, 2.05) is 54.4 Å². The van der Waals surface area contributed by atoms with Crippen LogP contribution in [0.15, 0.2) is 61.1 Å². The molecular formula is C32H35F2N7O2S2. The number of hydrogen-bond donors (Lipinski definition) is 0. The summed E-state index contributed by atoms with van der Waals surface area (Å²) in [6.45, 7) is 12.4. The number of carbonyl (C=O) groups excluding carboxylic acids is 1. The van der Waals surface area contributed by atoms with Gasteiger partial charge in [-0.25, -0.2) is 15.4 Å². The van der Waals surface area contributed by atoms with E-state index < -0.39 is 23.6 Å². The predicted molar refractivity (Wildman–Crippen MR) is 182 cm³/mol. The molecule has 2 aliphatic rings. The molecule has 0 aliphatic carbocycles. The summed E-state index contributed by atoms with van der Waals surface area (Å²) in [6.07, 6.45) is 3.61. The highest BCUT2D eigenvalue weighted by Gasteiger charge is 2.35. The van der Waals surface area contributed by atoms with Crippen molar-refractivity contribution in [2.24, 2.45) is 0 Å². The Bertz CT molecular complexity index is 1760. The summed E-state index contributed by atoms with van der Waals surface area (Å²) < 4.78 is 36.3. The van der Waals surface area contributed by atoms with Crippen LogP contribution in [-0.2, 0) is 4.79 Å². The highest BCUT2D eigenvalue weighted by Crippen LogP contribution is 2.35. The van der Waals surface area contributed by atoms with Crippen molar-refractivity contribution in [3.8, 4) is 17.3 Å². The van der Waals surface area contributed by atoms with E-state index in [0.717, 1.165) is 30.2 Å². The van der Waals surface area contributed by atoms with Gasteiger partial charge in [0.25, 0.3) is 5.91 Å². The summed E-state index contributed by atoms with van der Waals surface area (Å²) in [4.78, 5) is 35.1. The first-order valence-electron chi connectivity index (χ1n) is 14.3. The average Bonchev–Trinajstić information content (AvgIpc) is 3.44. The molecule has 6 rings (SSSR count). The lowest BCUT2D eigenvalue weighted by Crippen LogP contribution is -2.56. The minimum atomic E-state index is -1.07. The highest BCUT2D eigenvalue weighted by atomic mass is 32.1. The number of anilines is 1. The van der Waals surface area contributed by atoms with Crippen LogP contribution in [-0.4, -0.2) is 89.1 Å². The van der Waals surface area contributed by atoms with Crippen LogP contribution in [0.25, 0.3) is 37.8 Å². The molecule has 236 valence electrons. The number of piperazine rings is 1. The minimum Gasteiger partial charge on any atom is -0.462 e. The van der Waals surface area contributed by atoms with Crippen molar-refractivity contribution in [1.82, 2.24) is 24.8 Å². The average molecular weight is 652 g/mol. The molecule has 9 nitrogen and oxygen atoms in total. The van der Waals surface area contributed by atoms with Crippen molar-refractivity contribution in [3.05, 3.63) is 78.3 Å². The van der Waals surface area contributed by atoms with Crippen LogP contribution in [0, 0.1) is 12.4 Å². The van der Waals surface area contributed by atoms with Crippen LogP contribution in [0.5, 0.6) is 6.01 Å². The SMILES string of the molecule is S.S.[C-]#[N+]C[C@H]1CN(c2nc(OC[C@@H]3CCCN3C)nc3c(F)c(-c4cccc5ccccc45)ncc23)CCN1C(=O)C(=C)F. The van der Waals surface area contributed by atoms with Gasteiger partial charge in [0, 0.05) is 37.4 Å². The Labute approximate surface area is 274 Å². The lowest BCUT2D eigenvalue weighted by Gasteiger charge is -2.39. The number of nitrogens with zero attached hydrogens (tertiary/aromatic N) is 7. The lowest BCUT2D eigenvalue weighted by atomic mass is 10.0. The van der Waals surface area contributed by atoms with Crippen LogP contribution >= 0.6 is 27.0 Å². The Balaban J connectivity index is 0.00000230. The van der Waals surface area contributed by atoms with Crippen LogP contribution < -0.4 is 9.64 Å². The maximum atomic E-state index is 16.5. The van der Waals surface area contributed by atoms with Gasteiger partial charge in [-0.05, 0) is 37.2 Å². The zero-order valence-corrected chi connectivity index (χ0v) is 26.8. The summed E-state index contributed by atoms with van der Waals surface area (Å²) in [5.41, 5.74) is 0.872. The number of fused-ring (bicyclic) bond motifs is 2. The highest BCUT2D eigenvalue weighted by molar-refractivity contribution is 7.59. The van der Waals surface area contributed by atoms with Gasteiger partial charge >= 0.3 is 6.01 Å². The van der Waals surface area contributed by atoms with E-state index in [-0.39, 0.29) is 76.4 Å². The molecule has 2 saturated heterocycles. The van der Waals surface area contributed by atoms with Crippen LogP contribution in [0.1, 0.15) is 12.8 Å². The monoisotopic (exact) mass is 651 g/mol. The second-order valence-corrected chi connectivity index (χ2v) is 11.0. The summed E-state index contributed by atoms with van der Waals surface area (Å²) >= 11 is 0. The zero-order valence-electron chi connectivity index (χ0n) is 24.8. The van der Waals surface area contributed by atoms with Gasteiger partial charge in [-0.15, -0.1) is 0 Å². The van der Waals surface area contributed by atoms with Gasteiger partial charge in [-0.1, -0.05) is 49.0 Å². The Kier molecular flexibility index (Phi) is 10.9. The molecule has 2 atom stereocenters. The van der Waals surface area contributed by atoms with Crippen molar-refractivity contribution in [2.45, 2.75) is 24.9 Å². The van der Waals surface area contributed by atoms with Gasteiger partial charge in [-0.3, -0.25) is 9.78 Å². The second-order valence-electron chi connectivity index (χ2n) is 11.0. The van der Waals surface area contributed by atoms with E-state index in [0.29, 0.717) is 23.4 Å². The molecule has 13 heteroatoms. The number of rotatable bonds is 7. The molecule has 0 N–H and O–H groups in total. The third-order valence-electron chi connectivity index (χ3n) is 8.34. The fourth-order valence-electron chi connectivity index (χ4n) is 6.04. The van der Waals surface area contributed by atoms with Gasteiger partial charge in [0.2, 0.25) is 6.54 Å². The van der Waals surface area contributed by atoms with Crippen LogP contribution in [0.3, 0.4) is 0 Å². The Morgan fingerprint density at radius 1 is 1.09 bits per heavy atom. The molecule has 4 heterocycles. The minimum absolute atomic E-state index is 0. The van der Waals surface area contributed by atoms with Crippen LogP contribution in [0.4, 0.5) is 14.6 Å². The van der Waals surface area contributed by atoms with Gasteiger partial charge in [0.05, 0.1) is 5.39 Å². The first-order valence-corrected chi connectivity index (χ1v) is 14.3. The molecule has 2 fully saturated rings. The first kappa shape index (κ1) is 33.9. The van der Waals surface area contributed by atoms with E-state index in [4.69, 9.17) is 16.3 Å².